The topological polar surface area (TPSA) is 220 Å². The molecule has 1 unspecified atom stereocenters. The number of benzene rings is 3. The van der Waals surface area contributed by atoms with Gasteiger partial charge in [0.05, 0.1) is 27.0 Å². The minimum atomic E-state index is -4.28. The lowest BCUT2D eigenvalue weighted by molar-refractivity contribution is -0.127. The third kappa shape index (κ3) is 12.1. The summed E-state index contributed by atoms with van der Waals surface area (Å²) in [5.74, 6) is -4.36. The Balaban J connectivity index is 1.20. The number of piperidine rings is 1. The molecule has 2 aromatic heterocycles. The predicted octanol–water partition coefficient (Wildman–Crippen LogP) is 8.43. The second kappa shape index (κ2) is 20.9. The third-order valence-electron chi connectivity index (χ3n) is 11.8. The van der Waals surface area contributed by atoms with Crippen molar-refractivity contribution in [2.75, 3.05) is 45.5 Å². The molecule has 2 aliphatic carbocycles. The highest BCUT2D eigenvalue weighted by Crippen LogP contribution is 2.36. The Morgan fingerprint density at radius 2 is 1.43 bits per heavy atom. The van der Waals surface area contributed by atoms with Gasteiger partial charge in [-0.3, -0.25) is 25.0 Å². The minimum absolute atomic E-state index is 0.0334. The molecule has 1 aliphatic heterocycles. The average Bonchev–Trinajstić information content (AvgIpc) is 4.27. The molecule has 3 heterocycles. The Kier molecular flexibility index (Phi) is 14.7. The number of halogens is 4. The number of aromatic nitrogens is 2. The standard InChI is InChI=1S/C47H46Cl2F2N10O7S/c48-31-13-18-41(53-24-31)56-46(65)59(26-28-8-9-28)39(45(64)55-37-16-15-33(22-35(37)50)58-20-4-3-7-43(58)62)23-44(63)61(60(27-29-10-11-29)47(66)57-42-19-14-32(49)25-54-42)38-17-12-30(21-36(38)51)34-5-1-2-6-40(34)69(52,67)68/h1-2,5-6,12-19,21-22,24-25,28-29,39H,3-4,7-11,20,23,26-27H2,(H,55,64)(H2,52,67,68)(H,53,56,65)(H,54,57,66). The van der Waals surface area contributed by atoms with E-state index in [1.165, 1.54) is 90.1 Å². The fraction of sp³-hybridized carbons (Fsp3) is 0.298. The second-order valence-electron chi connectivity index (χ2n) is 17.0. The lowest BCUT2D eigenvalue weighted by Gasteiger charge is -2.37. The molecule has 69 heavy (non-hydrogen) atoms. The number of hydrogen-bond donors (Lipinski definition) is 4. The van der Waals surface area contributed by atoms with E-state index in [0.717, 1.165) is 33.5 Å². The zero-order chi connectivity index (χ0) is 49.0. The maximum absolute atomic E-state index is 17.0. The summed E-state index contributed by atoms with van der Waals surface area (Å²) in [7, 11) is -4.28. The van der Waals surface area contributed by atoms with Gasteiger partial charge in [0, 0.05) is 49.7 Å². The Hall–Kier alpha value is -6.74. The van der Waals surface area contributed by atoms with E-state index in [4.69, 9.17) is 28.3 Å². The van der Waals surface area contributed by atoms with Gasteiger partial charge in [-0.1, -0.05) is 47.5 Å². The van der Waals surface area contributed by atoms with Crippen LogP contribution >= 0.6 is 23.2 Å². The van der Waals surface area contributed by atoms with Crippen LogP contribution in [0.5, 0.6) is 0 Å². The van der Waals surface area contributed by atoms with Gasteiger partial charge in [0.15, 0.2) is 0 Å². The number of nitrogens with zero attached hydrogens (tertiary/aromatic N) is 6. The molecule has 3 aliphatic rings. The lowest BCUT2D eigenvalue weighted by Crippen LogP contribution is -2.56. The highest BCUT2D eigenvalue weighted by Gasteiger charge is 2.41. The van der Waals surface area contributed by atoms with Crippen LogP contribution in [0.4, 0.5) is 47.1 Å². The average molecular weight is 1000 g/mol. The first kappa shape index (κ1) is 48.7. The highest BCUT2D eigenvalue weighted by atomic mass is 35.5. The summed E-state index contributed by atoms with van der Waals surface area (Å²) in [6, 6.07) is 15.3. The van der Waals surface area contributed by atoms with Crippen molar-refractivity contribution < 1.29 is 41.2 Å². The van der Waals surface area contributed by atoms with Crippen LogP contribution in [0.3, 0.4) is 0 Å². The second-order valence-corrected chi connectivity index (χ2v) is 19.4. The fourth-order valence-electron chi connectivity index (χ4n) is 7.85. The molecular weight excluding hydrogens is 958 g/mol. The number of hydrazine groups is 1. The van der Waals surface area contributed by atoms with Gasteiger partial charge < -0.3 is 15.1 Å². The molecule has 3 aromatic carbocycles. The molecule has 5 N–H and O–H groups in total. The summed E-state index contributed by atoms with van der Waals surface area (Å²) < 4.78 is 58.1. The molecule has 0 spiro atoms. The number of anilines is 5. The van der Waals surface area contributed by atoms with Crippen molar-refractivity contribution in [3.8, 4) is 11.1 Å². The molecular formula is C47H46Cl2F2N10O7S. The summed E-state index contributed by atoms with van der Waals surface area (Å²) >= 11 is 12.1. The molecule has 3 fully saturated rings. The van der Waals surface area contributed by atoms with Gasteiger partial charge in [-0.15, -0.1) is 0 Å². The largest absolute Gasteiger partial charge is 0.342 e. The Morgan fingerprint density at radius 1 is 0.783 bits per heavy atom. The zero-order valence-electron chi connectivity index (χ0n) is 36.8. The van der Waals surface area contributed by atoms with E-state index in [9.17, 15) is 27.6 Å². The van der Waals surface area contributed by atoms with Gasteiger partial charge in [0.25, 0.3) is 0 Å². The van der Waals surface area contributed by atoms with Gasteiger partial charge >= 0.3 is 12.1 Å². The number of nitrogens with one attached hydrogen (secondary N) is 3. The number of primary sulfonamides is 1. The Morgan fingerprint density at radius 3 is 2.03 bits per heavy atom. The quantitative estimate of drug-likeness (QED) is 0.0739. The number of carbonyl (C=O) groups excluding carboxylic acids is 5. The predicted molar refractivity (Wildman–Crippen MR) is 256 cm³/mol. The van der Waals surface area contributed by atoms with Gasteiger partial charge in [-0.05, 0) is 117 Å². The summed E-state index contributed by atoms with van der Waals surface area (Å²) in [4.78, 5) is 82.1. The molecule has 7 amide bonds. The van der Waals surface area contributed by atoms with Gasteiger partial charge in [-0.2, -0.15) is 0 Å². The first-order valence-electron chi connectivity index (χ1n) is 22.1. The van der Waals surface area contributed by atoms with E-state index in [1.54, 1.807) is 0 Å². The van der Waals surface area contributed by atoms with Crippen molar-refractivity contribution in [2.45, 2.75) is 62.3 Å². The van der Waals surface area contributed by atoms with Crippen LogP contribution in [-0.2, 0) is 24.4 Å². The van der Waals surface area contributed by atoms with E-state index >= 15 is 13.6 Å². The molecule has 1 atom stereocenters. The molecule has 0 bridgehead atoms. The van der Waals surface area contributed by atoms with Crippen molar-refractivity contribution in [1.82, 2.24) is 19.9 Å². The van der Waals surface area contributed by atoms with Crippen molar-refractivity contribution in [3.63, 3.8) is 0 Å². The number of amides is 7. The van der Waals surface area contributed by atoms with Crippen molar-refractivity contribution in [1.29, 1.82) is 0 Å². The van der Waals surface area contributed by atoms with Crippen molar-refractivity contribution in [2.24, 2.45) is 17.0 Å². The van der Waals surface area contributed by atoms with Crippen molar-refractivity contribution in [3.05, 3.63) is 119 Å². The highest BCUT2D eigenvalue weighted by molar-refractivity contribution is 7.89. The lowest BCUT2D eigenvalue weighted by atomic mass is 10.0. The summed E-state index contributed by atoms with van der Waals surface area (Å²) in [6.45, 7) is 0.212. The Labute approximate surface area is 406 Å². The summed E-state index contributed by atoms with van der Waals surface area (Å²) in [5, 5.41) is 15.6. The smallest absolute Gasteiger partial charge is 0.322 e. The van der Waals surface area contributed by atoms with Crippen LogP contribution in [-0.4, -0.2) is 83.8 Å². The molecule has 8 rings (SSSR count). The third-order valence-corrected chi connectivity index (χ3v) is 13.2. The molecule has 360 valence electrons. The number of pyridine rings is 2. The van der Waals surface area contributed by atoms with Crippen LogP contribution in [0.15, 0.2) is 102 Å². The molecule has 17 nitrogen and oxygen atoms in total. The number of hydrogen-bond acceptors (Lipinski definition) is 9. The minimum Gasteiger partial charge on any atom is -0.322 e. The van der Waals surface area contributed by atoms with E-state index in [-0.39, 0.29) is 79.9 Å². The van der Waals surface area contributed by atoms with Crippen LogP contribution in [0.2, 0.25) is 10.0 Å². The fourth-order valence-corrected chi connectivity index (χ4v) is 8.83. The monoisotopic (exact) mass is 1000 g/mol. The first-order chi connectivity index (χ1) is 33.0. The maximum Gasteiger partial charge on any atom is 0.342 e. The van der Waals surface area contributed by atoms with Crippen LogP contribution in [0.1, 0.15) is 51.4 Å². The van der Waals surface area contributed by atoms with Gasteiger partial charge in [0.2, 0.25) is 27.7 Å². The normalized spacial score (nSPS) is 15.2. The molecule has 1 saturated heterocycles. The van der Waals surface area contributed by atoms with E-state index in [0.29, 0.717) is 45.1 Å². The summed E-state index contributed by atoms with van der Waals surface area (Å²) in [5.41, 5.74) is -0.392. The number of sulfonamides is 1. The van der Waals surface area contributed by atoms with Crippen LogP contribution in [0.25, 0.3) is 11.1 Å². The van der Waals surface area contributed by atoms with E-state index in [2.05, 4.69) is 25.9 Å². The van der Waals surface area contributed by atoms with Crippen LogP contribution in [0, 0.1) is 23.5 Å². The SMILES string of the molecule is NS(=O)(=O)c1ccccc1-c1ccc(N(C(=O)CC(C(=O)Nc2ccc(N3CCCCC3=O)cc2F)N(CC2CC2)C(=O)Nc2ccc(Cl)cn2)N(CC2CC2)C(=O)Nc2ccc(Cl)cn2)c(F)c1. The molecule has 2 saturated carbocycles. The van der Waals surface area contributed by atoms with Crippen LogP contribution < -0.4 is 31.0 Å². The number of carbonyl (C=O) groups is 5. The Bertz CT molecular complexity index is 2890. The molecule has 22 heteroatoms. The van der Waals surface area contributed by atoms with Crippen molar-refractivity contribution >= 4 is 91.7 Å². The van der Waals surface area contributed by atoms with E-state index in [1.807, 2.05) is 0 Å². The van der Waals surface area contributed by atoms with Gasteiger partial charge in [-0.25, -0.2) is 51.9 Å². The molecule has 5 aromatic rings. The maximum atomic E-state index is 17.0. The molecule has 0 radical (unpaired) electrons. The van der Waals surface area contributed by atoms with Gasteiger partial charge in [0.1, 0.15) is 35.0 Å². The van der Waals surface area contributed by atoms with E-state index < -0.39 is 63.7 Å². The first-order valence-corrected chi connectivity index (χ1v) is 24.4. The summed E-state index contributed by atoms with van der Waals surface area (Å²) in [6.07, 6.45) is 6.10. The number of urea groups is 2. The number of nitrogens with two attached hydrogens (primary N) is 1. The number of rotatable bonds is 15. The zero-order valence-corrected chi connectivity index (χ0v) is 39.1.